The molecule has 0 unspecified atom stereocenters. The van der Waals surface area contributed by atoms with Crippen LogP contribution in [0.5, 0.6) is 0 Å². The van der Waals surface area contributed by atoms with E-state index in [0.29, 0.717) is 38.3 Å². The van der Waals surface area contributed by atoms with Gasteiger partial charge in [0.05, 0.1) is 16.5 Å². The molecule has 1 aliphatic heterocycles. The first kappa shape index (κ1) is 17.7. The lowest BCUT2D eigenvalue weighted by molar-refractivity contribution is -0.385. The molecule has 0 saturated carbocycles. The number of pyridine rings is 1. The average molecular weight is 353 g/mol. The normalized spacial score (nSPS) is 17.2. The van der Waals surface area contributed by atoms with Gasteiger partial charge < -0.3 is 5.32 Å². The molecule has 1 fully saturated rings. The Hall–Kier alpha value is -1.61. The van der Waals surface area contributed by atoms with Crippen molar-refractivity contribution >= 4 is 23.1 Å². The number of nitro groups is 1. The highest BCUT2D eigenvalue weighted by Crippen LogP contribution is 2.26. The van der Waals surface area contributed by atoms with Crippen molar-refractivity contribution in [2.75, 3.05) is 31.5 Å². The maximum absolute atomic E-state index is 12.3. The Morgan fingerprint density at radius 3 is 2.61 bits per heavy atom. The van der Waals surface area contributed by atoms with Gasteiger partial charge in [-0.05, 0) is 31.8 Å². The number of anilines is 1. The summed E-state index contributed by atoms with van der Waals surface area (Å²) in [6.45, 7) is 0.438. The Morgan fingerprint density at radius 1 is 1.43 bits per heavy atom. The van der Waals surface area contributed by atoms with E-state index in [9.17, 15) is 23.3 Å². The minimum Gasteiger partial charge on any atom is -0.369 e. The molecule has 0 aromatic carbocycles. The minimum atomic E-state index is -4.17. The fraction of sp³-hybridized carbons (Fsp3) is 0.615. The molecule has 2 rings (SSSR count). The van der Waals surface area contributed by atoms with Crippen LogP contribution >= 0.6 is 11.6 Å². The van der Waals surface area contributed by atoms with Crippen LogP contribution in [0.25, 0.3) is 0 Å². The lowest BCUT2D eigenvalue weighted by atomic mass is 9.97. The third kappa shape index (κ3) is 5.51. The van der Waals surface area contributed by atoms with E-state index >= 15 is 0 Å². The molecule has 1 aromatic rings. The first-order valence-corrected chi connectivity index (χ1v) is 7.45. The van der Waals surface area contributed by atoms with E-state index in [0.717, 1.165) is 6.20 Å². The second-order valence-electron chi connectivity index (χ2n) is 5.50. The van der Waals surface area contributed by atoms with Crippen LogP contribution in [0.3, 0.4) is 0 Å². The van der Waals surface area contributed by atoms with E-state index in [1.165, 1.54) is 11.0 Å². The quantitative estimate of drug-likeness (QED) is 0.650. The van der Waals surface area contributed by atoms with Crippen LogP contribution in [0.1, 0.15) is 12.8 Å². The van der Waals surface area contributed by atoms with Crippen molar-refractivity contribution in [3.63, 3.8) is 0 Å². The fourth-order valence-electron chi connectivity index (χ4n) is 2.50. The molecule has 0 aliphatic carbocycles. The molecule has 128 valence electrons. The first-order chi connectivity index (χ1) is 10.7. The Balaban J connectivity index is 1.80. The molecular weight excluding hydrogens is 337 g/mol. The van der Waals surface area contributed by atoms with E-state index in [1.807, 2.05) is 0 Å². The highest BCUT2D eigenvalue weighted by Gasteiger charge is 2.32. The third-order valence-electron chi connectivity index (χ3n) is 3.71. The van der Waals surface area contributed by atoms with Crippen LogP contribution in [-0.4, -0.2) is 47.2 Å². The molecule has 0 atom stereocenters. The Labute approximate surface area is 135 Å². The van der Waals surface area contributed by atoms with Gasteiger partial charge in [0, 0.05) is 12.6 Å². The maximum atomic E-state index is 12.3. The minimum absolute atomic E-state index is 0.147. The molecule has 2 heterocycles. The molecule has 1 aromatic heterocycles. The van der Waals surface area contributed by atoms with E-state index in [1.54, 1.807) is 0 Å². The summed E-state index contributed by atoms with van der Waals surface area (Å²) in [7, 11) is 0. The number of likely N-dealkylation sites (tertiary alicyclic amines) is 1. The van der Waals surface area contributed by atoms with E-state index in [4.69, 9.17) is 11.6 Å². The highest BCUT2D eigenvalue weighted by molar-refractivity contribution is 6.33. The Bertz CT molecular complexity index is 563. The molecule has 0 radical (unpaired) electrons. The van der Waals surface area contributed by atoms with Crippen LogP contribution in [0.15, 0.2) is 12.3 Å². The predicted molar refractivity (Wildman–Crippen MR) is 79.6 cm³/mol. The van der Waals surface area contributed by atoms with Gasteiger partial charge in [0.2, 0.25) is 0 Å². The van der Waals surface area contributed by atoms with Crippen molar-refractivity contribution in [3.05, 3.63) is 27.4 Å². The van der Waals surface area contributed by atoms with Crippen LogP contribution in [0, 0.1) is 16.0 Å². The number of nitrogens with zero attached hydrogens (tertiary/aromatic N) is 3. The van der Waals surface area contributed by atoms with Gasteiger partial charge in [0.25, 0.3) is 5.69 Å². The lowest BCUT2D eigenvalue weighted by Crippen LogP contribution is -2.41. The Morgan fingerprint density at radius 2 is 2.09 bits per heavy atom. The van der Waals surface area contributed by atoms with Gasteiger partial charge in [-0.15, -0.1) is 0 Å². The summed E-state index contributed by atoms with van der Waals surface area (Å²) in [4.78, 5) is 15.3. The zero-order chi connectivity index (χ0) is 17.0. The Kier molecular flexibility index (Phi) is 5.64. The van der Waals surface area contributed by atoms with Crippen molar-refractivity contribution in [3.8, 4) is 0 Å². The number of alkyl halides is 3. The van der Waals surface area contributed by atoms with Crippen LogP contribution in [0.2, 0.25) is 5.02 Å². The zero-order valence-electron chi connectivity index (χ0n) is 12.1. The SMILES string of the molecule is O=[N+]([O-])c1cnc(NCC2CCN(CC(F)(F)F)CC2)c(Cl)c1. The molecule has 0 bridgehead atoms. The highest BCUT2D eigenvalue weighted by atomic mass is 35.5. The predicted octanol–water partition coefficient (Wildman–Crippen LogP) is 3.33. The van der Waals surface area contributed by atoms with Gasteiger partial charge in [-0.25, -0.2) is 4.98 Å². The first-order valence-electron chi connectivity index (χ1n) is 7.07. The van der Waals surface area contributed by atoms with Crippen molar-refractivity contribution in [2.24, 2.45) is 5.92 Å². The smallest absolute Gasteiger partial charge is 0.369 e. The van der Waals surface area contributed by atoms with Crippen LogP contribution in [0.4, 0.5) is 24.7 Å². The standard InChI is InChI=1S/C13H16ClF3N4O2/c14-11-5-10(21(22)23)7-19-12(11)18-6-9-1-3-20(4-2-9)8-13(15,16)17/h5,7,9H,1-4,6,8H2,(H,18,19). The molecule has 1 saturated heterocycles. The number of halogens is 4. The zero-order valence-corrected chi connectivity index (χ0v) is 12.9. The fourth-order valence-corrected chi connectivity index (χ4v) is 2.73. The van der Waals surface area contributed by atoms with Crippen molar-refractivity contribution in [1.82, 2.24) is 9.88 Å². The number of piperidine rings is 1. The topological polar surface area (TPSA) is 71.3 Å². The van der Waals surface area contributed by atoms with Gasteiger partial charge in [0.15, 0.2) is 0 Å². The lowest BCUT2D eigenvalue weighted by Gasteiger charge is -2.32. The third-order valence-corrected chi connectivity index (χ3v) is 3.99. The van der Waals surface area contributed by atoms with Crippen molar-refractivity contribution < 1.29 is 18.1 Å². The molecule has 0 amide bonds. The number of hydrogen-bond acceptors (Lipinski definition) is 5. The summed E-state index contributed by atoms with van der Waals surface area (Å²) in [5, 5.41) is 13.8. The van der Waals surface area contributed by atoms with Crippen molar-refractivity contribution in [2.45, 2.75) is 19.0 Å². The number of aromatic nitrogens is 1. The monoisotopic (exact) mass is 352 g/mol. The number of rotatable bonds is 5. The van der Waals surface area contributed by atoms with Crippen molar-refractivity contribution in [1.29, 1.82) is 0 Å². The van der Waals surface area contributed by atoms with Gasteiger partial charge >= 0.3 is 6.18 Å². The van der Waals surface area contributed by atoms with Gasteiger partial charge in [0.1, 0.15) is 12.0 Å². The van der Waals surface area contributed by atoms with E-state index < -0.39 is 17.6 Å². The van der Waals surface area contributed by atoms with E-state index in [2.05, 4.69) is 10.3 Å². The molecule has 1 N–H and O–H groups in total. The van der Waals surface area contributed by atoms with Gasteiger partial charge in [-0.2, -0.15) is 13.2 Å². The summed E-state index contributed by atoms with van der Waals surface area (Å²) in [6, 6.07) is 1.21. The largest absolute Gasteiger partial charge is 0.401 e. The summed E-state index contributed by atoms with van der Waals surface area (Å²) in [6.07, 6.45) is -1.76. The van der Waals surface area contributed by atoms with E-state index in [-0.39, 0.29) is 16.6 Å². The number of hydrogen-bond donors (Lipinski definition) is 1. The molecule has 6 nitrogen and oxygen atoms in total. The second kappa shape index (κ2) is 7.31. The molecule has 1 aliphatic rings. The molecule has 10 heteroatoms. The second-order valence-corrected chi connectivity index (χ2v) is 5.90. The summed E-state index contributed by atoms with van der Waals surface area (Å²) in [5.74, 6) is 0.558. The maximum Gasteiger partial charge on any atom is 0.401 e. The molecular formula is C13H16ClF3N4O2. The summed E-state index contributed by atoms with van der Waals surface area (Å²) in [5.41, 5.74) is -0.194. The summed E-state index contributed by atoms with van der Waals surface area (Å²) < 4.78 is 36.9. The molecule has 0 spiro atoms. The van der Waals surface area contributed by atoms with Crippen LogP contribution in [-0.2, 0) is 0 Å². The number of nitrogens with one attached hydrogen (secondary N) is 1. The van der Waals surface area contributed by atoms with Crippen LogP contribution < -0.4 is 5.32 Å². The molecule has 23 heavy (non-hydrogen) atoms. The average Bonchev–Trinajstić information content (AvgIpc) is 2.45. The van der Waals surface area contributed by atoms with Gasteiger partial charge in [-0.3, -0.25) is 15.0 Å². The summed E-state index contributed by atoms with van der Waals surface area (Å²) >= 11 is 5.92. The van der Waals surface area contributed by atoms with Gasteiger partial charge in [-0.1, -0.05) is 11.6 Å².